The molecule has 2 aromatic rings. The quantitative estimate of drug-likeness (QED) is 0.393. The summed E-state index contributed by atoms with van der Waals surface area (Å²) < 4.78 is 58.4. The molecule has 0 spiro atoms. The summed E-state index contributed by atoms with van der Waals surface area (Å²) in [6, 6.07) is 10.3. The maximum atomic E-state index is 12.6. The third-order valence-corrected chi connectivity index (χ3v) is 3.99. The van der Waals surface area contributed by atoms with Crippen LogP contribution in [0.1, 0.15) is 18.1 Å². The van der Waals surface area contributed by atoms with Gasteiger partial charge in [0.1, 0.15) is 11.5 Å². The van der Waals surface area contributed by atoms with Gasteiger partial charge in [0.05, 0.1) is 11.9 Å². The van der Waals surface area contributed by atoms with E-state index in [1.165, 1.54) is 11.0 Å². The van der Waals surface area contributed by atoms with E-state index < -0.39 is 19.0 Å². The number of alkyl halides is 4. The van der Waals surface area contributed by atoms with Crippen LogP contribution in [0.2, 0.25) is 0 Å². The molecular formula is C19H15F4N3O3. The normalized spacial score (nSPS) is 15.1. The summed E-state index contributed by atoms with van der Waals surface area (Å²) in [6.07, 6.45) is 1.08. The van der Waals surface area contributed by atoms with E-state index in [0.717, 1.165) is 18.3 Å². The number of ether oxygens (including phenoxy) is 2. The third-order valence-electron chi connectivity index (χ3n) is 3.99. The first-order valence-electron chi connectivity index (χ1n) is 8.46. The highest BCUT2D eigenvalue weighted by Gasteiger charge is 2.32. The molecule has 0 bridgehead atoms. The maximum absolute atomic E-state index is 12.6. The van der Waals surface area contributed by atoms with E-state index in [2.05, 4.69) is 19.7 Å². The van der Waals surface area contributed by atoms with E-state index in [-0.39, 0.29) is 22.9 Å². The van der Waals surface area contributed by atoms with Crippen LogP contribution in [0, 0.1) is 0 Å². The number of carbonyl (C=O) groups excluding carboxylic acids is 1. The van der Waals surface area contributed by atoms with Crippen LogP contribution in [0.5, 0.6) is 11.5 Å². The van der Waals surface area contributed by atoms with Crippen molar-refractivity contribution in [3.8, 4) is 11.5 Å². The summed E-state index contributed by atoms with van der Waals surface area (Å²) in [5, 5.41) is 7.73. The van der Waals surface area contributed by atoms with Crippen molar-refractivity contribution in [2.24, 2.45) is 10.2 Å². The minimum Gasteiger partial charge on any atom is -0.435 e. The zero-order chi connectivity index (χ0) is 21.0. The van der Waals surface area contributed by atoms with Gasteiger partial charge in [0.25, 0.3) is 5.91 Å². The number of carbonyl (C=O) groups is 1. The molecule has 0 unspecified atom stereocenters. The second-order valence-electron chi connectivity index (χ2n) is 5.72. The number of nitrogens with zero attached hydrogens (tertiary/aromatic N) is 3. The first-order chi connectivity index (χ1) is 13.9. The zero-order valence-corrected chi connectivity index (χ0v) is 15.1. The van der Waals surface area contributed by atoms with Crippen molar-refractivity contribution in [1.29, 1.82) is 0 Å². The number of anilines is 1. The van der Waals surface area contributed by atoms with Crippen LogP contribution < -0.4 is 14.4 Å². The fourth-order valence-electron chi connectivity index (χ4n) is 2.82. The molecule has 0 saturated carbocycles. The van der Waals surface area contributed by atoms with Crippen molar-refractivity contribution in [3.05, 3.63) is 53.6 Å². The number of likely N-dealkylation sites (N-methyl/N-ethyl adjacent to an activating group) is 1. The Bertz CT molecular complexity index is 963. The number of hydrogen-bond acceptors (Lipinski definition) is 5. The van der Waals surface area contributed by atoms with Gasteiger partial charge in [0.15, 0.2) is 5.71 Å². The molecule has 0 fully saturated rings. The number of halogens is 4. The Morgan fingerprint density at radius 2 is 1.79 bits per heavy atom. The Morgan fingerprint density at radius 1 is 1.07 bits per heavy atom. The Morgan fingerprint density at radius 3 is 2.48 bits per heavy atom. The van der Waals surface area contributed by atoms with Crippen LogP contribution in [-0.2, 0) is 4.79 Å². The molecule has 1 heterocycles. The fraction of sp³-hybridized carbons (Fsp3) is 0.211. The predicted molar refractivity (Wildman–Crippen MR) is 98.3 cm³/mol. The summed E-state index contributed by atoms with van der Waals surface area (Å²) >= 11 is 0. The lowest BCUT2D eigenvalue weighted by Crippen LogP contribution is -2.29. The zero-order valence-electron chi connectivity index (χ0n) is 15.1. The SMILES string of the molecule is CCN1C(=O)/C(=N/N=C\c2ccc(OC(F)F)cc2OC(F)F)c2ccccc21. The molecule has 6 nitrogen and oxygen atoms in total. The lowest BCUT2D eigenvalue weighted by atomic mass is 10.1. The molecule has 1 aliphatic heterocycles. The van der Waals surface area contributed by atoms with Gasteiger partial charge in [0, 0.05) is 23.7 Å². The fourth-order valence-corrected chi connectivity index (χ4v) is 2.82. The number of fused-ring (bicyclic) bond motifs is 1. The minimum absolute atomic E-state index is 0.0438. The number of para-hydroxylation sites is 1. The van der Waals surface area contributed by atoms with E-state index in [9.17, 15) is 22.4 Å². The van der Waals surface area contributed by atoms with Crippen molar-refractivity contribution in [2.75, 3.05) is 11.4 Å². The monoisotopic (exact) mass is 409 g/mol. The van der Waals surface area contributed by atoms with E-state index in [0.29, 0.717) is 17.8 Å². The van der Waals surface area contributed by atoms with Gasteiger partial charge in [-0.1, -0.05) is 18.2 Å². The molecule has 0 saturated heterocycles. The lowest BCUT2D eigenvalue weighted by Gasteiger charge is -2.12. The van der Waals surface area contributed by atoms with E-state index in [4.69, 9.17) is 0 Å². The first-order valence-corrected chi connectivity index (χ1v) is 8.46. The van der Waals surface area contributed by atoms with Gasteiger partial charge in [-0.3, -0.25) is 4.79 Å². The van der Waals surface area contributed by atoms with Gasteiger partial charge >= 0.3 is 13.2 Å². The van der Waals surface area contributed by atoms with E-state index >= 15 is 0 Å². The summed E-state index contributed by atoms with van der Waals surface area (Å²) in [5.41, 5.74) is 1.44. The van der Waals surface area contributed by atoms with Crippen LogP contribution in [0.25, 0.3) is 0 Å². The first kappa shape index (κ1) is 20.3. The molecule has 0 radical (unpaired) electrons. The minimum atomic E-state index is -3.18. The highest BCUT2D eigenvalue weighted by molar-refractivity contribution is 6.54. The molecule has 1 aliphatic rings. The average Bonchev–Trinajstić information content (AvgIpc) is 2.93. The topological polar surface area (TPSA) is 63.5 Å². The summed E-state index contributed by atoms with van der Waals surface area (Å²) in [7, 11) is 0. The molecule has 0 atom stereocenters. The van der Waals surface area contributed by atoms with E-state index in [1.54, 1.807) is 24.3 Å². The van der Waals surface area contributed by atoms with E-state index in [1.807, 2.05) is 6.92 Å². The molecular weight excluding hydrogens is 394 g/mol. The smallest absolute Gasteiger partial charge is 0.387 e. The summed E-state index contributed by atoms with van der Waals surface area (Å²) in [5.74, 6) is -1.11. The van der Waals surface area contributed by atoms with Crippen LogP contribution in [0.3, 0.4) is 0 Å². The second kappa shape index (κ2) is 8.72. The van der Waals surface area contributed by atoms with Gasteiger partial charge in [-0.05, 0) is 25.1 Å². The predicted octanol–water partition coefficient (Wildman–Crippen LogP) is 4.08. The standard InChI is InChI=1S/C19H15F4N3O3/c1-2-26-14-6-4-3-5-13(14)16(17(26)27)25-24-10-11-7-8-12(28-18(20)21)9-15(11)29-19(22)23/h3-10,18-19H,2H2,1H3/b24-10-,25-16+. The van der Waals surface area contributed by atoms with Crippen LogP contribution in [0.4, 0.5) is 23.2 Å². The molecule has 0 aromatic heterocycles. The van der Waals surface area contributed by atoms with Crippen LogP contribution in [-0.4, -0.2) is 37.6 Å². The van der Waals surface area contributed by atoms with Crippen molar-refractivity contribution >= 4 is 23.5 Å². The van der Waals surface area contributed by atoms with Crippen molar-refractivity contribution in [3.63, 3.8) is 0 Å². The largest absolute Gasteiger partial charge is 0.435 e. The maximum Gasteiger partial charge on any atom is 0.387 e. The second-order valence-corrected chi connectivity index (χ2v) is 5.72. The van der Waals surface area contributed by atoms with Gasteiger partial charge in [-0.25, -0.2) is 0 Å². The van der Waals surface area contributed by atoms with Crippen molar-refractivity contribution in [2.45, 2.75) is 20.1 Å². The van der Waals surface area contributed by atoms with Crippen LogP contribution in [0.15, 0.2) is 52.7 Å². The van der Waals surface area contributed by atoms with Gasteiger partial charge in [-0.2, -0.15) is 22.7 Å². The molecule has 152 valence electrons. The molecule has 2 aromatic carbocycles. The number of hydrogen-bond donors (Lipinski definition) is 0. The molecule has 3 rings (SSSR count). The Kier molecular flexibility index (Phi) is 6.10. The van der Waals surface area contributed by atoms with Crippen LogP contribution >= 0.6 is 0 Å². The molecule has 10 heteroatoms. The Hall–Kier alpha value is -3.43. The summed E-state index contributed by atoms with van der Waals surface area (Å²) in [6.45, 7) is -4.04. The Balaban J connectivity index is 1.90. The summed E-state index contributed by atoms with van der Waals surface area (Å²) in [4.78, 5) is 14.0. The van der Waals surface area contributed by atoms with Crippen molar-refractivity contribution < 1.29 is 31.8 Å². The van der Waals surface area contributed by atoms with Gasteiger partial charge < -0.3 is 14.4 Å². The third kappa shape index (κ3) is 4.53. The highest BCUT2D eigenvalue weighted by atomic mass is 19.3. The molecule has 29 heavy (non-hydrogen) atoms. The van der Waals surface area contributed by atoms with Gasteiger partial charge in [-0.15, -0.1) is 5.10 Å². The average molecular weight is 409 g/mol. The molecule has 0 N–H and O–H groups in total. The molecule has 1 amide bonds. The number of rotatable bonds is 7. The van der Waals surface area contributed by atoms with Gasteiger partial charge in [0.2, 0.25) is 0 Å². The highest BCUT2D eigenvalue weighted by Crippen LogP contribution is 2.29. The van der Waals surface area contributed by atoms with Crippen molar-refractivity contribution in [1.82, 2.24) is 0 Å². The number of amides is 1. The Labute approximate surface area is 163 Å². The number of benzene rings is 2. The lowest BCUT2D eigenvalue weighted by molar-refractivity contribution is -0.112. The molecule has 0 aliphatic carbocycles.